The summed E-state index contributed by atoms with van der Waals surface area (Å²) in [7, 11) is 0. The van der Waals surface area contributed by atoms with Gasteiger partial charge in [-0.05, 0) is 17.7 Å². The Morgan fingerprint density at radius 1 is 1.33 bits per heavy atom. The Morgan fingerprint density at radius 3 is 3.22 bits per heavy atom. The Labute approximate surface area is 104 Å². The van der Waals surface area contributed by atoms with Gasteiger partial charge in [0.15, 0.2) is 11.5 Å². The number of nitrogens with zero attached hydrogens (tertiary/aromatic N) is 1. The molecule has 2 heterocycles. The summed E-state index contributed by atoms with van der Waals surface area (Å²) in [5.41, 5.74) is 1.85. The third-order valence-corrected chi connectivity index (χ3v) is 3.82. The van der Waals surface area contributed by atoms with E-state index in [-0.39, 0.29) is 11.2 Å². The van der Waals surface area contributed by atoms with Crippen molar-refractivity contribution in [3.8, 4) is 11.5 Å². The highest BCUT2D eigenvalue weighted by Gasteiger charge is 2.49. The molecule has 2 aliphatic heterocycles. The van der Waals surface area contributed by atoms with E-state index in [1.807, 2.05) is 36.7 Å². The van der Waals surface area contributed by atoms with Crippen LogP contribution in [0.1, 0.15) is 12.0 Å². The topological polar surface area (TPSA) is 41.8 Å². The van der Waals surface area contributed by atoms with E-state index in [0.717, 1.165) is 23.3 Å². The lowest BCUT2D eigenvalue weighted by atomic mass is 9.69. The van der Waals surface area contributed by atoms with Crippen LogP contribution in [0.4, 0.5) is 0 Å². The number of para-hydroxylation sites is 1. The summed E-state index contributed by atoms with van der Waals surface area (Å²) in [6.07, 6.45) is 10.5. The molecule has 0 aromatic heterocycles. The van der Waals surface area contributed by atoms with Crippen molar-refractivity contribution in [3.05, 3.63) is 59.5 Å². The molecule has 3 aliphatic rings. The van der Waals surface area contributed by atoms with Crippen molar-refractivity contribution < 1.29 is 9.84 Å². The van der Waals surface area contributed by atoms with Crippen LogP contribution in [-0.2, 0) is 5.41 Å². The molecular formula is C15H11NO2. The molecule has 0 bridgehead atoms. The molecule has 1 aromatic rings. The van der Waals surface area contributed by atoms with Crippen LogP contribution < -0.4 is 4.74 Å². The summed E-state index contributed by atoms with van der Waals surface area (Å²) in [5.74, 6) is 1.64. The van der Waals surface area contributed by atoms with Crippen molar-refractivity contribution in [1.82, 2.24) is 0 Å². The van der Waals surface area contributed by atoms with E-state index in [1.165, 1.54) is 0 Å². The molecule has 3 heteroatoms. The van der Waals surface area contributed by atoms with Gasteiger partial charge in [0, 0.05) is 24.4 Å². The summed E-state index contributed by atoms with van der Waals surface area (Å²) in [4.78, 5) is 4.23. The maximum Gasteiger partial charge on any atom is 0.173 e. The Bertz CT molecular complexity index is 667. The van der Waals surface area contributed by atoms with Crippen molar-refractivity contribution >= 4 is 6.21 Å². The molecule has 0 fully saturated rings. The molecule has 18 heavy (non-hydrogen) atoms. The summed E-state index contributed by atoms with van der Waals surface area (Å²) < 4.78 is 5.86. The number of aromatic hydroxyl groups is 1. The molecule has 0 saturated carbocycles. The van der Waals surface area contributed by atoms with Gasteiger partial charge in [-0.3, -0.25) is 4.99 Å². The van der Waals surface area contributed by atoms with Crippen molar-refractivity contribution in [3.63, 3.8) is 0 Å². The molecule has 1 N–H and O–H groups in total. The Hall–Kier alpha value is -2.29. The van der Waals surface area contributed by atoms with Crippen LogP contribution in [0.25, 0.3) is 0 Å². The fourth-order valence-electron chi connectivity index (χ4n) is 2.96. The van der Waals surface area contributed by atoms with Gasteiger partial charge in [0.1, 0.15) is 5.76 Å². The van der Waals surface area contributed by atoms with E-state index >= 15 is 0 Å². The number of phenols is 1. The molecule has 4 rings (SSSR count). The number of aliphatic imine (C=N–C) groups is 1. The number of allylic oxidation sites excluding steroid dienone is 4. The summed E-state index contributed by atoms with van der Waals surface area (Å²) in [5, 5.41) is 9.94. The van der Waals surface area contributed by atoms with Gasteiger partial charge in [0.05, 0.1) is 5.41 Å². The second kappa shape index (κ2) is 3.13. The first-order valence-electron chi connectivity index (χ1n) is 5.94. The van der Waals surface area contributed by atoms with Gasteiger partial charge < -0.3 is 9.84 Å². The number of ether oxygens (including phenoxy) is 1. The first-order valence-corrected chi connectivity index (χ1v) is 5.94. The number of hydrogen-bond donors (Lipinski definition) is 1. The average Bonchev–Trinajstić information content (AvgIpc) is 2.73. The van der Waals surface area contributed by atoms with E-state index in [9.17, 15) is 5.11 Å². The van der Waals surface area contributed by atoms with E-state index in [0.29, 0.717) is 5.75 Å². The van der Waals surface area contributed by atoms with Crippen molar-refractivity contribution in [2.24, 2.45) is 4.99 Å². The summed E-state index contributed by atoms with van der Waals surface area (Å²) in [6.45, 7) is 0. The van der Waals surface area contributed by atoms with Crippen molar-refractivity contribution in [2.75, 3.05) is 0 Å². The van der Waals surface area contributed by atoms with Crippen LogP contribution in [0.5, 0.6) is 11.5 Å². The third kappa shape index (κ3) is 0.973. The van der Waals surface area contributed by atoms with Crippen molar-refractivity contribution in [1.29, 1.82) is 0 Å². The molecule has 0 amide bonds. The molecular weight excluding hydrogens is 226 g/mol. The van der Waals surface area contributed by atoms with Crippen LogP contribution in [0.15, 0.2) is 59.0 Å². The maximum atomic E-state index is 9.94. The highest BCUT2D eigenvalue weighted by Crippen LogP contribution is 2.56. The second-order valence-electron chi connectivity index (χ2n) is 4.67. The quantitative estimate of drug-likeness (QED) is 0.753. The number of fused-ring (bicyclic) bond motifs is 1. The van der Waals surface area contributed by atoms with Crippen LogP contribution >= 0.6 is 0 Å². The predicted molar refractivity (Wildman–Crippen MR) is 68.8 cm³/mol. The zero-order valence-electron chi connectivity index (χ0n) is 9.63. The molecule has 0 saturated heterocycles. The lowest BCUT2D eigenvalue weighted by molar-refractivity contribution is 0.370. The molecule has 1 spiro atoms. The lowest BCUT2D eigenvalue weighted by Crippen LogP contribution is -2.31. The van der Waals surface area contributed by atoms with Gasteiger partial charge in [0.25, 0.3) is 0 Å². The summed E-state index contributed by atoms with van der Waals surface area (Å²) >= 11 is 0. The molecule has 1 aliphatic carbocycles. The van der Waals surface area contributed by atoms with Gasteiger partial charge in [-0.15, -0.1) is 0 Å². The lowest BCUT2D eigenvalue weighted by Gasteiger charge is -2.32. The predicted octanol–water partition coefficient (Wildman–Crippen LogP) is 2.83. The number of phenolic OH excluding ortho intramolecular Hbond substituents is 1. The second-order valence-corrected chi connectivity index (χ2v) is 4.67. The van der Waals surface area contributed by atoms with E-state index < -0.39 is 0 Å². The van der Waals surface area contributed by atoms with E-state index in [2.05, 4.69) is 11.1 Å². The third-order valence-electron chi connectivity index (χ3n) is 3.82. The maximum absolute atomic E-state index is 9.94. The van der Waals surface area contributed by atoms with Crippen molar-refractivity contribution in [2.45, 2.75) is 11.8 Å². The number of hydrogen-bond acceptors (Lipinski definition) is 3. The van der Waals surface area contributed by atoms with Gasteiger partial charge in [0.2, 0.25) is 0 Å². The molecule has 1 unspecified atom stereocenters. The van der Waals surface area contributed by atoms with Crippen LogP contribution in [-0.4, -0.2) is 11.3 Å². The molecule has 1 atom stereocenters. The van der Waals surface area contributed by atoms with Gasteiger partial charge in [-0.2, -0.15) is 0 Å². The fraction of sp³-hybridized carbons (Fsp3) is 0.133. The SMILES string of the molecule is Oc1cccc2c1OC1=CC=CC3=CN=CCC312. The minimum Gasteiger partial charge on any atom is -0.504 e. The van der Waals surface area contributed by atoms with Crippen LogP contribution in [0.2, 0.25) is 0 Å². The Balaban J connectivity index is 2.05. The molecule has 1 aromatic carbocycles. The minimum absolute atomic E-state index is 0.194. The Morgan fingerprint density at radius 2 is 2.28 bits per heavy atom. The van der Waals surface area contributed by atoms with Crippen LogP contribution in [0, 0.1) is 0 Å². The smallest absolute Gasteiger partial charge is 0.173 e. The average molecular weight is 237 g/mol. The van der Waals surface area contributed by atoms with Crippen LogP contribution in [0.3, 0.4) is 0 Å². The molecule has 3 nitrogen and oxygen atoms in total. The zero-order valence-corrected chi connectivity index (χ0v) is 9.63. The highest BCUT2D eigenvalue weighted by atomic mass is 16.5. The van der Waals surface area contributed by atoms with Gasteiger partial charge in [-0.25, -0.2) is 0 Å². The normalized spacial score (nSPS) is 26.7. The zero-order chi connectivity index (χ0) is 12.2. The largest absolute Gasteiger partial charge is 0.504 e. The minimum atomic E-state index is -0.287. The number of benzene rings is 1. The van der Waals surface area contributed by atoms with E-state index in [1.54, 1.807) is 6.07 Å². The van der Waals surface area contributed by atoms with E-state index in [4.69, 9.17) is 4.74 Å². The monoisotopic (exact) mass is 237 g/mol. The fourth-order valence-corrected chi connectivity index (χ4v) is 2.96. The van der Waals surface area contributed by atoms with Gasteiger partial charge in [-0.1, -0.05) is 24.3 Å². The standard InChI is InChI=1S/C15H11NO2/c17-12-5-2-4-11-14(12)18-13-6-1-3-10-9-16-8-7-15(10,11)13/h1-6,8-9,17H,7H2. The Kier molecular flexibility index (Phi) is 1.69. The number of rotatable bonds is 0. The van der Waals surface area contributed by atoms with Gasteiger partial charge >= 0.3 is 0 Å². The first kappa shape index (κ1) is 9.71. The molecule has 0 radical (unpaired) electrons. The highest BCUT2D eigenvalue weighted by molar-refractivity contribution is 5.75. The first-order chi connectivity index (χ1) is 8.82. The summed E-state index contributed by atoms with van der Waals surface area (Å²) in [6, 6.07) is 5.53. The molecule has 88 valence electrons.